The zero-order valence-corrected chi connectivity index (χ0v) is 21.0. The Morgan fingerprint density at radius 3 is 2.69 bits per heavy atom. The maximum atomic E-state index is 12.1. The third-order valence-electron chi connectivity index (χ3n) is 5.34. The highest BCUT2D eigenvalue weighted by Crippen LogP contribution is 2.24. The van der Waals surface area contributed by atoms with Crippen LogP contribution in [0.1, 0.15) is 49.1 Å². The number of halogens is 1. The zero-order valence-electron chi connectivity index (χ0n) is 19.3. The summed E-state index contributed by atoms with van der Waals surface area (Å²) in [7, 11) is 2.01. The van der Waals surface area contributed by atoms with Crippen LogP contribution in [0, 0.1) is 0 Å². The second kappa shape index (κ2) is 12.8. The summed E-state index contributed by atoms with van der Waals surface area (Å²) >= 11 is 10.2. The molecule has 0 saturated carbocycles. The van der Waals surface area contributed by atoms with Crippen LogP contribution in [0.4, 0.5) is 0 Å². The summed E-state index contributed by atoms with van der Waals surface area (Å²) in [4.78, 5) is 32.7. The van der Waals surface area contributed by atoms with Crippen LogP contribution >= 0.6 is 24.2 Å². The van der Waals surface area contributed by atoms with Crippen molar-refractivity contribution in [3.63, 3.8) is 0 Å². The first-order valence-corrected chi connectivity index (χ1v) is 11.8. The molecule has 2 heterocycles. The van der Waals surface area contributed by atoms with Gasteiger partial charge >= 0.3 is 0 Å². The summed E-state index contributed by atoms with van der Waals surface area (Å²) in [5.74, 6) is 0.785. The van der Waals surface area contributed by atoms with Crippen molar-refractivity contribution < 1.29 is 9.59 Å². The van der Waals surface area contributed by atoms with Crippen LogP contribution in [0.2, 0.25) is 5.02 Å². The Morgan fingerprint density at radius 2 is 2.03 bits per heavy atom. The van der Waals surface area contributed by atoms with Crippen molar-refractivity contribution in [1.29, 1.82) is 0 Å². The number of amides is 1. The zero-order chi connectivity index (χ0) is 23.7. The number of ketones is 1. The molecular weight excluding hydrogens is 444 g/mol. The van der Waals surface area contributed by atoms with E-state index < -0.39 is 0 Å². The maximum Gasteiger partial charge on any atom is 0.246 e. The molecule has 0 saturated heterocycles. The minimum Gasteiger partial charge on any atom is -0.330 e. The third-order valence-corrected chi connectivity index (χ3v) is 6.32. The van der Waals surface area contributed by atoms with Gasteiger partial charge < -0.3 is 14.4 Å². The van der Waals surface area contributed by atoms with Crippen molar-refractivity contribution >= 4 is 35.9 Å². The van der Waals surface area contributed by atoms with Crippen LogP contribution in [0.5, 0.6) is 0 Å². The molecule has 1 aliphatic heterocycles. The molecule has 1 aromatic heterocycles. The Bertz CT molecular complexity index is 957. The predicted molar refractivity (Wildman–Crippen MR) is 133 cm³/mol. The van der Waals surface area contributed by atoms with E-state index in [0.717, 1.165) is 41.7 Å². The van der Waals surface area contributed by atoms with Gasteiger partial charge in [0.15, 0.2) is 5.78 Å². The highest BCUT2D eigenvalue weighted by atomic mass is 35.5. The van der Waals surface area contributed by atoms with Crippen LogP contribution in [0.25, 0.3) is 0 Å². The van der Waals surface area contributed by atoms with Gasteiger partial charge in [0.1, 0.15) is 11.5 Å². The molecule has 32 heavy (non-hydrogen) atoms. The summed E-state index contributed by atoms with van der Waals surface area (Å²) in [6.07, 6.45) is 7.29. The number of imidazole rings is 1. The highest BCUT2D eigenvalue weighted by Gasteiger charge is 2.23. The number of nitrogens with zero attached hydrogens (tertiary/aromatic N) is 4. The van der Waals surface area contributed by atoms with E-state index in [9.17, 15) is 9.59 Å². The lowest BCUT2D eigenvalue weighted by molar-refractivity contribution is -0.127. The Labute approximate surface area is 201 Å². The number of hydrogen-bond acceptors (Lipinski definition) is 5. The largest absolute Gasteiger partial charge is 0.330 e. The number of thiol groups is 1. The maximum absolute atomic E-state index is 12.1. The summed E-state index contributed by atoms with van der Waals surface area (Å²) in [6, 6.07) is 5.90. The summed E-state index contributed by atoms with van der Waals surface area (Å²) < 4.78 is 1.90. The number of carbonyl (C=O) groups is 2. The molecule has 1 aromatic carbocycles. The van der Waals surface area contributed by atoms with E-state index >= 15 is 0 Å². The Kier molecular flexibility index (Phi) is 10.5. The number of carbonyl (C=O) groups excluding carboxylic acids is 2. The molecule has 1 amide bonds. The Balaban J connectivity index is 0.000000278. The second-order valence-electron chi connectivity index (χ2n) is 7.78. The van der Waals surface area contributed by atoms with Gasteiger partial charge in [0, 0.05) is 37.5 Å². The molecule has 6 nitrogen and oxygen atoms in total. The van der Waals surface area contributed by atoms with E-state index in [1.807, 2.05) is 29.8 Å². The van der Waals surface area contributed by atoms with E-state index in [1.54, 1.807) is 17.2 Å². The monoisotopic (exact) mass is 476 g/mol. The molecule has 1 aliphatic rings. The highest BCUT2D eigenvalue weighted by molar-refractivity contribution is 7.80. The average molecular weight is 477 g/mol. The number of likely N-dealkylation sites (N-methyl/N-ethyl adjacent to an activating group) is 1. The van der Waals surface area contributed by atoms with Gasteiger partial charge in [0.25, 0.3) is 0 Å². The number of benzene rings is 1. The molecule has 0 atom stereocenters. The predicted octanol–water partition coefficient (Wildman–Crippen LogP) is 4.52. The van der Waals surface area contributed by atoms with Crippen molar-refractivity contribution in [2.24, 2.45) is 0 Å². The molecule has 0 fully saturated rings. The van der Waals surface area contributed by atoms with Crippen LogP contribution in [-0.4, -0.2) is 57.7 Å². The molecule has 0 radical (unpaired) electrons. The van der Waals surface area contributed by atoms with Crippen molar-refractivity contribution in [3.8, 4) is 0 Å². The van der Waals surface area contributed by atoms with E-state index in [2.05, 4.69) is 42.4 Å². The standard InChI is InChI=1S/C15H22N4O2.C9H11ClS/c1-4-17(3)7-5-6-15(21)18-8-9-19-13(12(2)20)10-16-14(19)11-18;1-2-4-7-5-3-6-8(10)9(7)11/h5-6,10H,4,7-9,11H2,1-3H3;3,5-6,11H,2,4H2,1H3/b6-5+;. The number of fused-ring (bicyclic) bond motifs is 1. The smallest absolute Gasteiger partial charge is 0.246 e. The van der Waals surface area contributed by atoms with Gasteiger partial charge in [-0.25, -0.2) is 4.98 Å². The Morgan fingerprint density at radius 1 is 1.28 bits per heavy atom. The van der Waals surface area contributed by atoms with Gasteiger partial charge in [-0.1, -0.05) is 50.1 Å². The lowest BCUT2D eigenvalue weighted by Crippen LogP contribution is -2.38. The number of rotatable bonds is 7. The first kappa shape index (κ1) is 26.2. The van der Waals surface area contributed by atoms with Gasteiger partial charge in [-0.3, -0.25) is 9.59 Å². The SMILES string of the molecule is CCCc1cccc(Cl)c1S.CCN(C)C/C=C/C(=O)N1CCn2c(C(C)=O)cnc2C1. The molecule has 0 unspecified atom stereocenters. The fraction of sp³-hybridized carbons (Fsp3) is 0.458. The summed E-state index contributed by atoms with van der Waals surface area (Å²) in [6.45, 7) is 9.16. The third kappa shape index (κ3) is 7.22. The molecule has 0 aliphatic carbocycles. The molecule has 0 bridgehead atoms. The van der Waals surface area contributed by atoms with Gasteiger partial charge in [-0.15, -0.1) is 12.6 Å². The lowest BCUT2D eigenvalue weighted by atomic mass is 10.1. The van der Waals surface area contributed by atoms with Crippen LogP contribution < -0.4 is 0 Å². The van der Waals surface area contributed by atoms with Crippen LogP contribution in [0.15, 0.2) is 41.4 Å². The van der Waals surface area contributed by atoms with Crippen molar-refractivity contribution in [1.82, 2.24) is 19.4 Å². The molecule has 3 rings (SSSR count). The topological polar surface area (TPSA) is 58.4 Å². The number of aromatic nitrogens is 2. The van der Waals surface area contributed by atoms with Crippen molar-refractivity contribution in [2.75, 3.05) is 26.7 Å². The molecule has 8 heteroatoms. The number of aryl methyl sites for hydroxylation is 1. The lowest BCUT2D eigenvalue weighted by Gasteiger charge is -2.27. The minimum absolute atomic E-state index is 0.00173. The quantitative estimate of drug-likeness (QED) is 0.362. The summed E-state index contributed by atoms with van der Waals surface area (Å²) in [5, 5.41) is 0.749. The second-order valence-corrected chi connectivity index (χ2v) is 8.64. The van der Waals surface area contributed by atoms with Gasteiger partial charge in [0.2, 0.25) is 5.91 Å². The average Bonchev–Trinajstić information content (AvgIpc) is 3.21. The molecule has 174 valence electrons. The first-order valence-electron chi connectivity index (χ1n) is 10.9. The van der Waals surface area contributed by atoms with Crippen molar-refractivity contribution in [2.45, 2.75) is 51.6 Å². The Hall–Kier alpha value is -2.09. The minimum atomic E-state index is -0.00173. The fourth-order valence-electron chi connectivity index (χ4n) is 3.33. The van der Waals surface area contributed by atoms with Gasteiger partial charge in [0.05, 0.1) is 17.8 Å². The van der Waals surface area contributed by atoms with Gasteiger partial charge in [-0.05, 0) is 31.6 Å². The number of hydrogen-bond donors (Lipinski definition) is 1. The normalized spacial score (nSPS) is 13.2. The van der Waals surface area contributed by atoms with Crippen molar-refractivity contribution in [3.05, 3.63) is 58.7 Å². The van der Waals surface area contributed by atoms with Gasteiger partial charge in [-0.2, -0.15) is 0 Å². The van der Waals surface area contributed by atoms with Crippen LogP contribution in [-0.2, 0) is 24.3 Å². The first-order chi connectivity index (χ1) is 15.3. The molecule has 2 aromatic rings. The fourth-order valence-corrected chi connectivity index (χ4v) is 3.78. The van der Waals surface area contributed by atoms with Crippen LogP contribution in [0.3, 0.4) is 0 Å². The van der Waals surface area contributed by atoms with E-state index in [0.29, 0.717) is 25.3 Å². The molecule has 0 N–H and O–H groups in total. The van der Waals surface area contributed by atoms with E-state index in [4.69, 9.17) is 11.6 Å². The number of Topliss-reactive ketones (excluding diaryl/α,β-unsaturated/α-hetero) is 1. The van der Waals surface area contributed by atoms with E-state index in [1.165, 1.54) is 12.5 Å². The van der Waals surface area contributed by atoms with E-state index in [-0.39, 0.29) is 11.7 Å². The molecule has 0 spiro atoms. The molecular formula is C24H33ClN4O2S. The summed E-state index contributed by atoms with van der Waals surface area (Å²) in [5.41, 5.74) is 1.86.